The lowest BCUT2D eigenvalue weighted by Crippen LogP contribution is -2.02. The molecule has 0 atom stereocenters. The highest BCUT2D eigenvalue weighted by Crippen LogP contribution is 2.15. The molecule has 3 heteroatoms. The Morgan fingerprint density at radius 1 is 1.15 bits per heavy atom. The minimum atomic E-state index is -0.348. The van der Waals surface area contributed by atoms with Crippen LogP contribution in [0.1, 0.15) is 30.0 Å². The molecule has 0 saturated heterocycles. The molecule has 20 heavy (non-hydrogen) atoms. The first-order valence-corrected chi connectivity index (χ1v) is 6.74. The predicted octanol–water partition coefficient (Wildman–Crippen LogP) is 4.26. The fraction of sp³-hybridized carbons (Fsp3) is 0.235. The molecule has 0 amide bonds. The maximum Gasteiger partial charge on any atom is 0.129 e. The topological polar surface area (TPSA) is 35.8 Å². The Bertz CT molecular complexity index is 612. The van der Waals surface area contributed by atoms with E-state index >= 15 is 0 Å². The Morgan fingerprint density at radius 2 is 1.90 bits per heavy atom. The van der Waals surface area contributed by atoms with Crippen LogP contribution in [-0.2, 0) is 13.0 Å². The average molecular weight is 268 g/mol. The fourth-order valence-corrected chi connectivity index (χ4v) is 2.04. The molecule has 0 aliphatic carbocycles. The number of anilines is 1. The second-order valence-electron chi connectivity index (χ2n) is 4.72. The molecule has 0 unspecified atom stereocenters. The van der Waals surface area contributed by atoms with E-state index in [1.807, 2.05) is 18.2 Å². The van der Waals surface area contributed by atoms with E-state index in [1.165, 1.54) is 11.6 Å². The zero-order valence-electron chi connectivity index (χ0n) is 11.5. The molecule has 2 aromatic carbocycles. The van der Waals surface area contributed by atoms with Crippen molar-refractivity contribution < 1.29 is 4.39 Å². The summed E-state index contributed by atoms with van der Waals surface area (Å²) in [6.07, 6.45) is 2.20. The number of aryl methyl sites for hydroxylation is 1. The lowest BCUT2D eigenvalue weighted by atomic mass is 10.1. The molecule has 1 N–H and O–H groups in total. The van der Waals surface area contributed by atoms with Crippen molar-refractivity contribution in [3.8, 4) is 6.07 Å². The molecule has 0 fully saturated rings. The molecule has 2 aromatic rings. The van der Waals surface area contributed by atoms with Crippen LogP contribution in [0.5, 0.6) is 0 Å². The zero-order chi connectivity index (χ0) is 14.4. The summed E-state index contributed by atoms with van der Waals surface area (Å²) in [6, 6.07) is 14.6. The number of nitriles is 1. The van der Waals surface area contributed by atoms with Gasteiger partial charge in [-0.2, -0.15) is 5.26 Å². The first-order chi connectivity index (χ1) is 9.72. The molecular weight excluding hydrogens is 251 g/mol. The van der Waals surface area contributed by atoms with E-state index < -0.39 is 0 Å². The zero-order valence-corrected chi connectivity index (χ0v) is 11.5. The van der Waals surface area contributed by atoms with Crippen molar-refractivity contribution in [3.05, 3.63) is 65.0 Å². The van der Waals surface area contributed by atoms with Crippen molar-refractivity contribution in [1.29, 1.82) is 5.26 Å². The Balaban J connectivity index is 2.00. The van der Waals surface area contributed by atoms with E-state index in [1.54, 1.807) is 12.1 Å². The number of benzene rings is 2. The van der Waals surface area contributed by atoms with Gasteiger partial charge in [0.2, 0.25) is 0 Å². The number of nitrogens with one attached hydrogen (secondary N) is 1. The minimum Gasteiger partial charge on any atom is -0.381 e. The van der Waals surface area contributed by atoms with Crippen molar-refractivity contribution in [3.63, 3.8) is 0 Å². The molecule has 2 rings (SSSR count). The summed E-state index contributed by atoms with van der Waals surface area (Å²) >= 11 is 0. The van der Waals surface area contributed by atoms with Gasteiger partial charge in [-0.1, -0.05) is 31.5 Å². The van der Waals surface area contributed by atoms with Gasteiger partial charge in [-0.25, -0.2) is 4.39 Å². The second kappa shape index (κ2) is 6.72. The van der Waals surface area contributed by atoms with Crippen LogP contribution in [0.15, 0.2) is 42.5 Å². The van der Waals surface area contributed by atoms with E-state index in [9.17, 15) is 4.39 Å². The van der Waals surface area contributed by atoms with Crippen LogP contribution in [-0.4, -0.2) is 0 Å². The molecular formula is C17H17FN2. The standard InChI is InChI=1S/C17H17FN2/c1-2-3-13-5-8-16(9-6-13)20-12-15-7-4-14(11-19)10-17(15)18/h4-10,20H,2-3,12H2,1H3. The van der Waals surface area contributed by atoms with Gasteiger partial charge in [0, 0.05) is 17.8 Å². The Kier molecular flexibility index (Phi) is 4.73. The highest BCUT2D eigenvalue weighted by atomic mass is 19.1. The first kappa shape index (κ1) is 14.1. The molecule has 0 aliphatic heterocycles. The molecule has 0 spiro atoms. The molecule has 102 valence electrons. The summed E-state index contributed by atoms with van der Waals surface area (Å²) in [5.74, 6) is -0.348. The summed E-state index contributed by atoms with van der Waals surface area (Å²) < 4.78 is 13.7. The summed E-state index contributed by atoms with van der Waals surface area (Å²) in [5.41, 5.74) is 3.17. The third-order valence-corrected chi connectivity index (χ3v) is 3.16. The third kappa shape index (κ3) is 3.58. The van der Waals surface area contributed by atoms with Crippen molar-refractivity contribution in [2.24, 2.45) is 0 Å². The predicted molar refractivity (Wildman–Crippen MR) is 78.9 cm³/mol. The number of hydrogen-bond acceptors (Lipinski definition) is 2. The summed E-state index contributed by atoms with van der Waals surface area (Å²) in [4.78, 5) is 0. The van der Waals surface area contributed by atoms with Gasteiger partial charge in [0.25, 0.3) is 0 Å². The Hall–Kier alpha value is -2.34. The third-order valence-electron chi connectivity index (χ3n) is 3.16. The summed E-state index contributed by atoms with van der Waals surface area (Å²) in [7, 11) is 0. The quantitative estimate of drug-likeness (QED) is 0.879. The number of halogens is 1. The van der Waals surface area contributed by atoms with Gasteiger partial charge in [0.05, 0.1) is 11.6 Å². The fourth-order valence-electron chi connectivity index (χ4n) is 2.04. The van der Waals surface area contributed by atoms with Crippen molar-refractivity contribution in [1.82, 2.24) is 0 Å². The van der Waals surface area contributed by atoms with Crippen molar-refractivity contribution >= 4 is 5.69 Å². The van der Waals surface area contributed by atoms with Gasteiger partial charge in [0.15, 0.2) is 0 Å². The van der Waals surface area contributed by atoms with Gasteiger partial charge >= 0.3 is 0 Å². The molecule has 0 bridgehead atoms. The average Bonchev–Trinajstić information content (AvgIpc) is 2.48. The van der Waals surface area contributed by atoms with E-state index in [2.05, 4.69) is 24.4 Å². The molecule has 0 aliphatic rings. The molecule has 0 heterocycles. The smallest absolute Gasteiger partial charge is 0.129 e. The van der Waals surface area contributed by atoms with Gasteiger partial charge < -0.3 is 5.32 Å². The highest BCUT2D eigenvalue weighted by molar-refractivity contribution is 5.45. The normalized spacial score (nSPS) is 10.1. The maximum absolute atomic E-state index is 13.7. The van der Waals surface area contributed by atoms with Gasteiger partial charge in [-0.3, -0.25) is 0 Å². The largest absolute Gasteiger partial charge is 0.381 e. The summed E-state index contributed by atoms with van der Waals surface area (Å²) in [5, 5.41) is 11.9. The summed E-state index contributed by atoms with van der Waals surface area (Å²) in [6.45, 7) is 2.56. The molecule has 2 nitrogen and oxygen atoms in total. The van der Waals surface area contributed by atoms with Crippen molar-refractivity contribution in [2.45, 2.75) is 26.3 Å². The molecule has 0 aromatic heterocycles. The Labute approximate surface area is 118 Å². The number of nitrogens with zero attached hydrogens (tertiary/aromatic N) is 1. The van der Waals surface area contributed by atoms with Crippen molar-refractivity contribution in [2.75, 3.05) is 5.32 Å². The van der Waals surface area contributed by atoms with Crippen LogP contribution >= 0.6 is 0 Å². The van der Waals surface area contributed by atoms with Crippen LogP contribution in [0.3, 0.4) is 0 Å². The van der Waals surface area contributed by atoms with Gasteiger partial charge in [0.1, 0.15) is 5.82 Å². The molecule has 0 radical (unpaired) electrons. The monoisotopic (exact) mass is 268 g/mol. The van der Waals surface area contributed by atoms with E-state index in [0.29, 0.717) is 17.7 Å². The Morgan fingerprint density at radius 3 is 2.50 bits per heavy atom. The van der Waals surface area contributed by atoms with Crippen LogP contribution < -0.4 is 5.32 Å². The SMILES string of the molecule is CCCc1ccc(NCc2ccc(C#N)cc2F)cc1. The van der Waals surface area contributed by atoms with Crippen LogP contribution in [0.25, 0.3) is 0 Å². The lowest BCUT2D eigenvalue weighted by molar-refractivity contribution is 0.612. The van der Waals surface area contributed by atoms with Gasteiger partial charge in [-0.15, -0.1) is 0 Å². The van der Waals surface area contributed by atoms with Crippen LogP contribution in [0.4, 0.5) is 10.1 Å². The van der Waals surface area contributed by atoms with Crippen LogP contribution in [0.2, 0.25) is 0 Å². The minimum absolute atomic E-state index is 0.343. The van der Waals surface area contributed by atoms with E-state index in [0.717, 1.165) is 18.5 Å². The number of rotatable bonds is 5. The highest BCUT2D eigenvalue weighted by Gasteiger charge is 2.03. The lowest BCUT2D eigenvalue weighted by Gasteiger charge is -2.08. The van der Waals surface area contributed by atoms with Crippen LogP contribution in [0, 0.1) is 17.1 Å². The second-order valence-corrected chi connectivity index (χ2v) is 4.72. The molecule has 0 saturated carbocycles. The number of hydrogen-bond donors (Lipinski definition) is 1. The maximum atomic E-state index is 13.7. The van der Waals surface area contributed by atoms with E-state index in [4.69, 9.17) is 5.26 Å². The first-order valence-electron chi connectivity index (χ1n) is 6.74. The van der Waals surface area contributed by atoms with Gasteiger partial charge in [-0.05, 0) is 36.2 Å². The van der Waals surface area contributed by atoms with E-state index in [-0.39, 0.29) is 5.82 Å².